The maximum Gasteiger partial charge on any atom is 0.119 e. The van der Waals surface area contributed by atoms with Crippen LogP contribution in [0.2, 0.25) is 0 Å². The van der Waals surface area contributed by atoms with Crippen molar-refractivity contribution >= 4 is 21.8 Å². The summed E-state index contributed by atoms with van der Waals surface area (Å²) in [5, 5.41) is 12.1. The number of rotatable bonds is 1. The predicted molar refractivity (Wildman–Crippen MR) is 73.5 cm³/mol. The minimum absolute atomic E-state index is 0.337. The second-order valence-corrected chi connectivity index (χ2v) is 4.62. The lowest BCUT2D eigenvalue weighted by atomic mass is 10.0. The molecule has 18 heavy (non-hydrogen) atoms. The molecule has 0 unspecified atom stereocenters. The van der Waals surface area contributed by atoms with Crippen LogP contribution in [0.15, 0.2) is 24.3 Å². The third kappa shape index (κ3) is 1.37. The summed E-state index contributed by atoms with van der Waals surface area (Å²) in [6.07, 6.45) is 0. The van der Waals surface area contributed by atoms with Crippen molar-refractivity contribution in [2.45, 2.75) is 13.8 Å². The van der Waals surface area contributed by atoms with Crippen LogP contribution in [0.1, 0.15) is 11.1 Å². The number of phenols is 1. The summed E-state index contributed by atoms with van der Waals surface area (Å²) in [6, 6.07) is 7.73. The van der Waals surface area contributed by atoms with Crippen LogP contribution in [0.5, 0.6) is 11.5 Å². The summed E-state index contributed by atoms with van der Waals surface area (Å²) >= 11 is 0. The van der Waals surface area contributed by atoms with Gasteiger partial charge in [0.15, 0.2) is 0 Å². The highest BCUT2D eigenvalue weighted by atomic mass is 16.5. The molecule has 0 radical (unpaired) electrons. The van der Waals surface area contributed by atoms with Crippen molar-refractivity contribution in [2.24, 2.45) is 0 Å². The molecule has 3 heteroatoms. The van der Waals surface area contributed by atoms with Crippen molar-refractivity contribution in [3.05, 3.63) is 35.4 Å². The summed E-state index contributed by atoms with van der Waals surface area (Å²) in [4.78, 5) is 3.40. The highest BCUT2D eigenvalue weighted by molar-refractivity contribution is 6.11. The third-order valence-corrected chi connectivity index (χ3v) is 3.51. The molecular formula is C15H15NO2. The van der Waals surface area contributed by atoms with Crippen LogP contribution in [-0.4, -0.2) is 17.2 Å². The third-order valence-electron chi connectivity index (χ3n) is 3.51. The van der Waals surface area contributed by atoms with Gasteiger partial charge in [-0.3, -0.25) is 0 Å². The fraction of sp³-hybridized carbons (Fsp3) is 0.200. The van der Waals surface area contributed by atoms with Crippen molar-refractivity contribution < 1.29 is 9.84 Å². The number of ether oxygens (including phenoxy) is 1. The monoisotopic (exact) mass is 241 g/mol. The maximum absolute atomic E-state index is 9.96. The first-order valence-corrected chi connectivity index (χ1v) is 5.90. The number of phenolic OH excluding ortho intramolecular Hbond substituents is 1. The number of fused-ring (bicyclic) bond motifs is 3. The van der Waals surface area contributed by atoms with E-state index in [4.69, 9.17) is 4.74 Å². The van der Waals surface area contributed by atoms with E-state index >= 15 is 0 Å². The molecule has 0 fully saturated rings. The molecule has 92 valence electrons. The molecule has 0 aliphatic rings. The molecule has 0 aliphatic carbocycles. The summed E-state index contributed by atoms with van der Waals surface area (Å²) in [6.45, 7) is 3.93. The molecule has 0 aliphatic heterocycles. The van der Waals surface area contributed by atoms with E-state index in [9.17, 15) is 5.11 Å². The molecule has 3 aromatic rings. The van der Waals surface area contributed by atoms with E-state index in [1.54, 1.807) is 13.2 Å². The standard InChI is InChI=1S/C15H15NO2/c1-8-6-13(17)9(2)14-11-7-10(18-3)4-5-12(11)16-15(8)14/h4-7,16-17H,1-3H3. The van der Waals surface area contributed by atoms with Gasteiger partial charge in [-0.2, -0.15) is 0 Å². The SMILES string of the molecule is COc1ccc2[nH]c3c(C)cc(O)c(C)c3c2c1. The Hall–Kier alpha value is -2.16. The number of nitrogens with one attached hydrogen (secondary N) is 1. The molecule has 0 bridgehead atoms. The van der Waals surface area contributed by atoms with Crippen LogP contribution in [0, 0.1) is 13.8 Å². The normalized spacial score (nSPS) is 11.3. The highest BCUT2D eigenvalue weighted by Crippen LogP contribution is 2.36. The quantitative estimate of drug-likeness (QED) is 0.683. The number of aryl methyl sites for hydroxylation is 2. The van der Waals surface area contributed by atoms with Crippen LogP contribution in [0.25, 0.3) is 21.8 Å². The predicted octanol–water partition coefficient (Wildman–Crippen LogP) is 3.65. The second-order valence-electron chi connectivity index (χ2n) is 4.62. The number of aromatic amines is 1. The van der Waals surface area contributed by atoms with Crippen molar-refractivity contribution in [3.63, 3.8) is 0 Å². The Labute approximate surface area is 105 Å². The van der Waals surface area contributed by atoms with Gasteiger partial charge in [0.1, 0.15) is 11.5 Å². The van der Waals surface area contributed by atoms with Crippen LogP contribution >= 0.6 is 0 Å². The molecule has 2 aromatic carbocycles. The van der Waals surface area contributed by atoms with Gasteiger partial charge in [0.2, 0.25) is 0 Å². The zero-order valence-corrected chi connectivity index (χ0v) is 10.7. The molecule has 0 saturated carbocycles. The number of aromatic nitrogens is 1. The minimum atomic E-state index is 0.337. The van der Waals surface area contributed by atoms with Gasteiger partial charge in [-0.05, 0) is 43.7 Å². The van der Waals surface area contributed by atoms with Gasteiger partial charge in [0, 0.05) is 27.4 Å². The topological polar surface area (TPSA) is 45.2 Å². The molecule has 3 nitrogen and oxygen atoms in total. The fourth-order valence-corrected chi connectivity index (χ4v) is 2.50. The van der Waals surface area contributed by atoms with Crippen molar-refractivity contribution in [1.82, 2.24) is 4.98 Å². The zero-order valence-electron chi connectivity index (χ0n) is 10.7. The Morgan fingerprint density at radius 1 is 1.17 bits per heavy atom. The number of methoxy groups -OCH3 is 1. The van der Waals surface area contributed by atoms with Crippen LogP contribution in [0.3, 0.4) is 0 Å². The lowest BCUT2D eigenvalue weighted by Crippen LogP contribution is -1.83. The highest BCUT2D eigenvalue weighted by Gasteiger charge is 2.12. The molecule has 0 amide bonds. The lowest BCUT2D eigenvalue weighted by molar-refractivity contribution is 0.415. The van der Waals surface area contributed by atoms with Crippen molar-refractivity contribution in [3.8, 4) is 11.5 Å². The molecule has 0 saturated heterocycles. The first kappa shape index (κ1) is 11.0. The summed E-state index contributed by atoms with van der Waals surface area (Å²) < 4.78 is 5.26. The number of aromatic hydroxyl groups is 1. The first-order chi connectivity index (χ1) is 8.61. The lowest BCUT2D eigenvalue weighted by Gasteiger charge is -2.04. The van der Waals surface area contributed by atoms with Gasteiger partial charge in [-0.25, -0.2) is 0 Å². The van der Waals surface area contributed by atoms with E-state index in [0.717, 1.165) is 38.7 Å². The van der Waals surface area contributed by atoms with E-state index in [-0.39, 0.29) is 0 Å². The number of benzene rings is 2. The fourth-order valence-electron chi connectivity index (χ4n) is 2.50. The summed E-state index contributed by atoms with van der Waals surface area (Å²) in [7, 11) is 1.66. The molecular weight excluding hydrogens is 226 g/mol. The molecule has 1 heterocycles. The smallest absolute Gasteiger partial charge is 0.119 e. The van der Waals surface area contributed by atoms with Crippen LogP contribution in [-0.2, 0) is 0 Å². The molecule has 0 atom stereocenters. The van der Waals surface area contributed by atoms with Crippen molar-refractivity contribution in [1.29, 1.82) is 0 Å². The Bertz CT molecular complexity index is 756. The van der Waals surface area contributed by atoms with Gasteiger partial charge in [0.05, 0.1) is 7.11 Å². The molecule has 2 N–H and O–H groups in total. The largest absolute Gasteiger partial charge is 0.508 e. The Morgan fingerprint density at radius 3 is 2.67 bits per heavy atom. The van der Waals surface area contributed by atoms with E-state index in [2.05, 4.69) is 4.98 Å². The molecule has 1 aromatic heterocycles. The molecule has 3 rings (SSSR count). The van der Waals surface area contributed by atoms with Gasteiger partial charge in [-0.15, -0.1) is 0 Å². The van der Waals surface area contributed by atoms with Crippen LogP contribution in [0.4, 0.5) is 0 Å². The van der Waals surface area contributed by atoms with E-state index in [0.29, 0.717) is 5.75 Å². The van der Waals surface area contributed by atoms with Gasteiger partial charge >= 0.3 is 0 Å². The number of hydrogen-bond donors (Lipinski definition) is 2. The summed E-state index contributed by atoms with van der Waals surface area (Å²) in [5.41, 5.74) is 4.08. The number of H-pyrrole nitrogens is 1. The Balaban J connectivity index is 2.54. The average molecular weight is 241 g/mol. The second kappa shape index (κ2) is 3.67. The van der Waals surface area contributed by atoms with Gasteiger partial charge < -0.3 is 14.8 Å². The van der Waals surface area contributed by atoms with E-state index in [1.165, 1.54) is 0 Å². The number of hydrogen-bond acceptors (Lipinski definition) is 2. The van der Waals surface area contributed by atoms with Gasteiger partial charge in [0.25, 0.3) is 0 Å². The first-order valence-electron chi connectivity index (χ1n) is 5.90. The minimum Gasteiger partial charge on any atom is -0.508 e. The maximum atomic E-state index is 9.96. The Morgan fingerprint density at radius 2 is 1.94 bits per heavy atom. The Kier molecular flexibility index (Phi) is 2.23. The van der Waals surface area contributed by atoms with E-state index in [1.807, 2.05) is 32.0 Å². The summed E-state index contributed by atoms with van der Waals surface area (Å²) in [5.74, 6) is 1.16. The average Bonchev–Trinajstić information content (AvgIpc) is 2.75. The van der Waals surface area contributed by atoms with Crippen molar-refractivity contribution in [2.75, 3.05) is 7.11 Å². The van der Waals surface area contributed by atoms with Crippen LogP contribution < -0.4 is 4.74 Å². The van der Waals surface area contributed by atoms with E-state index < -0.39 is 0 Å². The molecule has 0 spiro atoms. The van der Waals surface area contributed by atoms with Gasteiger partial charge in [-0.1, -0.05) is 0 Å². The zero-order chi connectivity index (χ0) is 12.9.